The third kappa shape index (κ3) is 3.85. The molecule has 8 nitrogen and oxygen atoms in total. The molecule has 1 aromatic heterocycles. The van der Waals surface area contributed by atoms with Crippen molar-refractivity contribution in [2.75, 3.05) is 0 Å². The predicted molar refractivity (Wildman–Crippen MR) is 73.4 cm³/mol. The first-order valence-electron chi connectivity index (χ1n) is 5.78. The minimum Gasteiger partial charge on any atom is -0.455 e. The molecule has 2 rings (SSSR count). The van der Waals surface area contributed by atoms with E-state index in [4.69, 9.17) is 10.2 Å². The molecule has 0 atom stereocenters. The fraction of sp³-hybridized carbons (Fsp3) is 0. The van der Waals surface area contributed by atoms with Crippen LogP contribution in [0.4, 0.5) is 8.78 Å². The summed E-state index contributed by atoms with van der Waals surface area (Å²) in [6, 6.07) is 6.02. The van der Waals surface area contributed by atoms with Crippen molar-refractivity contribution in [1.82, 2.24) is 5.43 Å². The Morgan fingerprint density at radius 2 is 2.14 bits per heavy atom. The number of nitrogens with two attached hydrogens (primary N) is 1. The summed E-state index contributed by atoms with van der Waals surface area (Å²) >= 11 is 0. The summed E-state index contributed by atoms with van der Waals surface area (Å²) in [5, 5.41) is 15.4. The summed E-state index contributed by atoms with van der Waals surface area (Å²) in [6.45, 7) is 0. The van der Waals surface area contributed by atoms with Gasteiger partial charge in [0.1, 0.15) is 28.3 Å². The first-order valence-corrected chi connectivity index (χ1v) is 5.78. The SMILES string of the molecule is N/C(=N\[N+](=O)[O-])N/N=C/c1ccc(-c2ccc(F)cc2F)o1. The van der Waals surface area contributed by atoms with Crippen LogP contribution >= 0.6 is 0 Å². The second-order valence-electron chi connectivity index (χ2n) is 3.92. The number of halogens is 2. The first kappa shape index (κ1) is 15.1. The topological polar surface area (TPSA) is 119 Å². The quantitative estimate of drug-likeness (QED) is 0.385. The molecule has 0 aliphatic rings. The van der Waals surface area contributed by atoms with Crippen molar-refractivity contribution in [1.29, 1.82) is 0 Å². The summed E-state index contributed by atoms with van der Waals surface area (Å²) < 4.78 is 31.7. The van der Waals surface area contributed by atoms with Crippen LogP contribution in [-0.4, -0.2) is 17.2 Å². The molecule has 0 amide bonds. The number of hydrogen-bond acceptors (Lipinski definition) is 4. The maximum atomic E-state index is 13.6. The molecule has 1 aromatic carbocycles. The molecule has 114 valence electrons. The summed E-state index contributed by atoms with van der Waals surface area (Å²) in [5.41, 5.74) is 7.33. The highest BCUT2D eigenvalue weighted by Crippen LogP contribution is 2.24. The molecule has 0 saturated heterocycles. The van der Waals surface area contributed by atoms with Crippen LogP contribution in [0.3, 0.4) is 0 Å². The van der Waals surface area contributed by atoms with Gasteiger partial charge in [-0.2, -0.15) is 5.10 Å². The molecule has 0 unspecified atom stereocenters. The van der Waals surface area contributed by atoms with Crippen molar-refractivity contribution < 1.29 is 18.2 Å². The molecule has 0 saturated carbocycles. The molecular formula is C12H9F2N5O3. The van der Waals surface area contributed by atoms with Gasteiger partial charge in [0.25, 0.3) is 5.96 Å². The van der Waals surface area contributed by atoms with Crippen LogP contribution < -0.4 is 11.2 Å². The Hall–Kier alpha value is -3.30. The van der Waals surface area contributed by atoms with E-state index in [1.54, 1.807) is 0 Å². The highest BCUT2D eigenvalue weighted by atomic mass is 19.1. The van der Waals surface area contributed by atoms with E-state index in [1.807, 2.05) is 0 Å². The number of guanidine groups is 1. The Bertz CT molecular complexity index is 757. The van der Waals surface area contributed by atoms with E-state index in [0.717, 1.165) is 18.3 Å². The summed E-state index contributed by atoms with van der Waals surface area (Å²) in [5.74, 6) is -1.58. The lowest BCUT2D eigenvalue weighted by atomic mass is 10.1. The Labute approximate surface area is 122 Å². The zero-order valence-electron chi connectivity index (χ0n) is 10.9. The van der Waals surface area contributed by atoms with Gasteiger partial charge < -0.3 is 10.2 Å². The van der Waals surface area contributed by atoms with E-state index in [9.17, 15) is 18.9 Å². The zero-order valence-corrected chi connectivity index (χ0v) is 10.9. The van der Waals surface area contributed by atoms with Crippen LogP contribution in [0.15, 0.2) is 45.0 Å². The number of nitro groups is 1. The summed E-state index contributed by atoms with van der Waals surface area (Å²) in [6.07, 6.45) is 1.16. The molecular weight excluding hydrogens is 300 g/mol. The Morgan fingerprint density at radius 3 is 2.82 bits per heavy atom. The third-order valence-electron chi connectivity index (χ3n) is 2.38. The summed E-state index contributed by atoms with van der Waals surface area (Å²) in [4.78, 5) is 10.0. The number of nitrogens with one attached hydrogen (secondary N) is 1. The highest BCUT2D eigenvalue weighted by Gasteiger charge is 2.10. The van der Waals surface area contributed by atoms with Crippen molar-refractivity contribution in [3.63, 3.8) is 0 Å². The number of hydrazone groups is 2. The molecule has 0 aliphatic carbocycles. The third-order valence-corrected chi connectivity index (χ3v) is 2.38. The maximum absolute atomic E-state index is 13.6. The zero-order chi connectivity index (χ0) is 16.1. The standard InChI is InChI=1S/C12H9F2N5O3/c13-7-1-3-9(10(14)5-7)11-4-2-8(22-11)6-16-17-12(15)18-19(20)21/h1-6H,(H3,15,17,18)/b16-6+. The predicted octanol–water partition coefficient (Wildman–Crippen LogP) is 1.65. The lowest BCUT2D eigenvalue weighted by Crippen LogP contribution is -2.28. The Balaban J connectivity index is 2.10. The largest absolute Gasteiger partial charge is 0.455 e. The van der Waals surface area contributed by atoms with Gasteiger partial charge in [0.2, 0.25) is 0 Å². The lowest BCUT2D eigenvalue weighted by molar-refractivity contribution is -0.485. The fourth-order valence-corrected chi connectivity index (χ4v) is 1.53. The first-order chi connectivity index (χ1) is 10.5. The normalized spacial score (nSPS) is 11.8. The van der Waals surface area contributed by atoms with Crippen LogP contribution in [0.1, 0.15) is 5.76 Å². The molecule has 1 heterocycles. The van der Waals surface area contributed by atoms with Crippen molar-refractivity contribution in [2.24, 2.45) is 15.9 Å². The van der Waals surface area contributed by atoms with Crippen LogP contribution in [0, 0.1) is 21.7 Å². The number of nitrogens with zero attached hydrogens (tertiary/aromatic N) is 3. The van der Waals surface area contributed by atoms with Crippen LogP contribution in [0.5, 0.6) is 0 Å². The van der Waals surface area contributed by atoms with Gasteiger partial charge in [-0.25, -0.2) is 24.3 Å². The molecule has 0 aliphatic heterocycles. The van der Waals surface area contributed by atoms with Gasteiger partial charge >= 0.3 is 0 Å². The van der Waals surface area contributed by atoms with Gasteiger partial charge in [-0.1, -0.05) is 0 Å². The maximum Gasteiger partial charge on any atom is 0.286 e. The molecule has 3 N–H and O–H groups in total. The van der Waals surface area contributed by atoms with Crippen molar-refractivity contribution in [2.45, 2.75) is 0 Å². The Kier molecular flexibility index (Phi) is 4.41. The second-order valence-corrected chi connectivity index (χ2v) is 3.92. The fourth-order valence-electron chi connectivity index (χ4n) is 1.53. The van der Waals surface area contributed by atoms with Crippen molar-refractivity contribution in [3.05, 3.63) is 57.8 Å². The number of furan rings is 1. The molecule has 2 aromatic rings. The molecule has 0 fully saturated rings. The highest BCUT2D eigenvalue weighted by molar-refractivity contribution is 5.81. The van der Waals surface area contributed by atoms with Crippen molar-refractivity contribution >= 4 is 12.2 Å². The minimum absolute atomic E-state index is 0.0865. The van der Waals surface area contributed by atoms with E-state index < -0.39 is 22.6 Å². The van der Waals surface area contributed by atoms with Gasteiger partial charge in [-0.3, -0.25) is 0 Å². The molecule has 22 heavy (non-hydrogen) atoms. The van der Waals surface area contributed by atoms with Gasteiger partial charge in [0.05, 0.1) is 11.8 Å². The van der Waals surface area contributed by atoms with Gasteiger partial charge in [-0.15, -0.1) is 0 Å². The van der Waals surface area contributed by atoms with E-state index in [0.29, 0.717) is 0 Å². The molecule has 0 bridgehead atoms. The van der Waals surface area contributed by atoms with E-state index in [-0.39, 0.29) is 17.1 Å². The van der Waals surface area contributed by atoms with E-state index in [1.165, 1.54) is 18.2 Å². The molecule has 0 radical (unpaired) electrons. The van der Waals surface area contributed by atoms with Gasteiger partial charge in [0.15, 0.2) is 5.03 Å². The average Bonchev–Trinajstić information content (AvgIpc) is 2.86. The smallest absolute Gasteiger partial charge is 0.286 e. The average molecular weight is 309 g/mol. The number of benzene rings is 1. The Morgan fingerprint density at radius 1 is 1.36 bits per heavy atom. The van der Waals surface area contributed by atoms with Crippen molar-refractivity contribution in [3.8, 4) is 11.3 Å². The van der Waals surface area contributed by atoms with Gasteiger partial charge in [0, 0.05) is 6.07 Å². The van der Waals surface area contributed by atoms with Crippen LogP contribution in [-0.2, 0) is 0 Å². The number of hydrogen-bond donors (Lipinski definition) is 2. The lowest BCUT2D eigenvalue weighted by Gasteiger charge is -1.99. The van der Waals surface area contributed by atoms with E-state index in [2.05, 4.69) is 15.6 Å². The van der Waals surface area contributed by atoms with Crippen LogP contribution in [0.2, 0.25) is 0 Å². The van der Waals surface area contributed by atoms with Crippen LogP contribution in [0.25, 0.3) is 11.3 Å². The molecule has 0 spiro atoms. The van der Waals surface area contributed by atoms with Gasteiger partial charge in [-0.05, 0) is 24.3 Å². The molecule has 10 heteroatoms. The second kappa shape index (κ2) is 6.43. The number of rotatable bonds is 4. The van der Waals surface area contributed by atoms with E-state index >= 15 is 0 Å². The summed E-state index contributed by atoms with van der Waals surface area (Å²) in [7, 11) is 0. The monoisotopic (exact) mass is 309 g/mol. The minimum atomic E-state index is -0.986.